The van der Waals surface area contributed by atoms with Crippen LogP contribution >= 0.6 is 0 Å². The number of alkyl halides is 2. The molecular formula is C13H13F2NO4. The van der Waals surface area contributed by atoms with Crippen LogP contribution in [-0.2, 0) is 16.0 Å². The molecule has 0 unspecified atom stereocenters. The molecule has 0 atom stereocenters. The summed E-state index contributed by atoms with van der Waals surface area (Å²) in [5, 5.41) is 9.04. The van der Waals surface area contributed by atoms with Crippen molar-refractivity contribution in [3.63, 3.8) is 0 Å². The highest BCUT2D eigenvalue weighted by molar-refractivity contribution is 5.75. The van der Waals surface area contributed by atoms with Gasteiger partial charge in [0.2, 0.25) is 0 Å². The summed E-state index contributed by atoms with van der Waals surface area (Å²) in [7, 11) is 1.30. The van der Waals surface area contributed by atoms with Crippen molar-refractivity contribution < 1.29 is 27.8 Å². The molecule has 7 heteroatoms. The molecule has 0 amide bonds. The molecule has 0 saturated carbocycles. The highest BCUT2D eigenvalue weighted by atomic mass is 19.3. The van der Waals surface area contributed by atoms with Crippen LogP contribution in [0.3, 0.4) is 0 Å². The molecule has 0 heterocycles. The molecule has 108 valence electrons. The van der Waals surface area contributed by atoms with E-state index in [2.05, 4.69) is 4.74 Å². The lowest BCUT2D eigenvalue weighted by Gasteiger charge is -2.13. The Morgan fingerprint density at radius 3 is 2.65 bits per heavy atom. The Bertz CT molecular complexity index is 526. The third-order valence-electron chi connectivity index (χ3n) is 2.37. The van der Waals surface area contributed by atoms with Crippen LogP contribution in [0.4, 0.5) is 8.78 Å². The number of carbonyl (C=O) groups is 1. The number of hydrogen-bond donors (Lipinski definition) is 0. The van der Waals surface area contributed by atoms with Gasteiger partial charge in [-0.05, 0) is 13.0 Å². The van der Waals surface area contributed by atoms with Crippen LogP contribution in [0.1, 0.15) is 18.1 Å². The molecule has 1 aromatic carbocycles. The lowest BCUT2D eigenvalue weighted by atomic mass is 10.0. The van der Waals surface area contributed by atoms with Gasteiger partial charge in [0, 0.05) is 11.6 Å². The number of nitriles is 1. The zero-order valence-electron chi connectivity index (χ0n) is 11.0. The predicted molar refractivity (Wildman–Crippen MR) is 64.7 cm³/mol. The maximum Gasteiger partial charge on any atom is 0.387 e. The summed E-state index contributed by atoms with van der Waals surface area (Å²) in [6.07, 6.45) is -0.186. The Morgan fingerprint density at radius 2 is 2.15 bits per heavy atom. The van der Waals surface area contributed by atoms with Crippen molar-refractivity contribution in [2.24, 2.45) is 0 Å². The first kappa shape index (κ1) is 15.7. The van der Waals surface area contributed by atoms with Gasteiger partial charge in [-0.2, -0.15) is 14.0 Å². The van der Waals surface area contributed by atoms with E-state index in [0.717, 1.165) is 6.07 Å². The molecule has 1 rings (SSSR count). The quantitative estimate of drug-likeness (QED) is 0.750. The van der Waals surface area contributed by atoms with Gasteiger partial charge in [-0.15, -0.1) is 0 Å². The number of carbonyl (C=O) groups excluding carboxylic acids is 1. The van der Waals surface area contributed by atoms with Crippen LogP contribution in [0.15, 0.2) is 12.1 Å². The maximum atomic E-state index is 12.2. The minimum Gasteiger partial charge on any atom is -0.496 e. The average molecular weight is 285 g/mol. The number of benzene rings is 1. The van der Waals surface area contributed by atoms with Crippen LogP contribution in [0.5, 0.6) is 11.5 Å². The fourth-order valence-electron chi connectivity index (χ4n) is 1.61. The van der Waals surface area contributed by atoms with Crippen molar-refractivity contribution in [3.8, 4) is 17.6 Å². The van der Waals surface area contributed by atoms with Gasteiger partial charge in [-0.3, -0.25) is 4.79 Å². The normalized spacial score (nSPS) is 10.0. The number of methoxy groups -OCH3 is 1. The monoisotopic (exact) mass is 285 g/mol. The van der Waals surface area contributed by atoms with E-state index in [4.69, 9.17) is 14.7 Å². The number of esters is 1. The van der Waals surface area contributed by atoms with Crippen LogP contribution < -0.4 is 9.47 Å². The highest BCUT2D eigenvalue weighted by Gasteiger charge is 2.17. The first-order valence-corrected chi connectivity index (χ1v) is 5.73. The van der Waals surface area contributed by atoms with Crippen molar-refractivity contribution in [2.75, 3.05) is 13.7 Å². The second kappa shape index (κ2) is 7.28. The third-order valence-corrected chi connectivity index (χ3v) is 2.37. The summed E-state index contributed by atoms with van der Waals surface area (Å²) >= 11 is 0. The summed E-state index contributed by atoms with van der Waals surface area (Å²) in [5.41, 5.74) is 0.295. The molecule has 0 bridgehead atoms. The first-order chi connectivity index (χ1) is 9.51. The van der Waals surface area contributed by atoms with Crippen molar-refractivity contribution >= 4 is 5.97 Å². The molecule has 1 aromatic rings. The Morgan fingerprint density at radius 1 is 1.45 bits per heavy atom. The molecule has 0 spiro atoms. The number of rotatable bonds is 6. The molecular weight excluding hydrogens is 272 g/mol. The van der Waals surface area contributed by atoms with E-state index in [1.165, 1.54) is 13.2 Å². The zero-order valence-corrected chi connectivity index (χ0v) is 11.0. The second-order valence-electron chi connectivity index (χ2n) is 3.62. The van der Waals surface area contributed by atoms with Crippen molar-refractivity contribution in [2.45, 2.75) is 20.0 Å². The Balaban J connectivity index is 3.15. The van der Waals surface area contributed by atoms with E-state index in [1.54, 1.807) is 6.92 Å². The Labute approximate surface area is 114 Å². The molecule has 5 nitrogen and oxygen atoms in total. The Kier molecular flexibility index (Phi) is 5.72. The van der Waals surface area contributed by atoms with Crippen molar-refractivity contribution in [1.29, 1.82) is 5.26 Å². The standard InChI is InChI=1S/C13H13F2NO4/c1-3-19-12(17)6-10-8(7-16)4-9(20-13(14)15)5-11(10)18-2/h4-5,13H,3,6H2,1-2H3. The molecule has 0 N–H and O–H groups in total. The number of nitrogens with zero attached hydrogens (tertiary/aromatic N) is 1. The maximum absolute atomic E-state index is 12.2. The fraction of sp³-hybridized carbons (Fsp3) is 0.385. The molecule has 0 aliphatic carbocycles. The van der Waals surface area contributed by atoms with Crippen molar-refractivity contribution in [1.82, 2.24) is 0 Å². The third kappa shape index (κ3) is 4.09. The van der Waals surface area contributed by atoms with Gasteiger partial charge >= 0.3 is 12.6 Å². The van der Waals surface area contributed by atoms with Crippen molar-refractivity contribution in [3.05, 3.63) is 23.3 Å². The largest absolute Gasteiger partial charge is 0.496 e. The topological polar surface area (TPSA) is 68.6 Å². The SMILES string of the molecule is CCOC(=O)Cc1c(C#N)cc(OC(F)F)cc1OC. The molecule has 0 aliphatic heterocycles. The summed E-state index contributed by atoms with van der Waals surface area (Å²) < 4.78 is 38.4. The average Bonchev–Trinajstić information content (AvgIpc) is 2.39. The molecule has 0 aliphatic rings. The van der Waals surface area contributed by atoms with E-state index in [0.29, 0.717) is 0 Å². The van der Waals surface area contributed by atoms with E-state index >= 15 is 0 Å². The molecule has 0 saturated heterocycles. The van der Waals surface area contributed by atoms with Crippen LogP contribution in [0, 0.1) is 11.3 Å². The lowest BCUT2D eigenvalue weighted by Crippen LogP contribution is -2.11. The summed E-state index contributed by atoms with van der Waals surface area (Å²) in [6, 6.07) is 4.14. The lowest BCUT2D eigenvalue weighted by molar-refractivity contribution is -0.142. The van der Waals surface area contributed by atoms with E-state index in [1.807, 2.05) is 6.07 Å². The number of halogens is 2. The summed E-state index contributed by atoms with van der Waals surface area (Å²) in [4.78, 5) is 11.5. The molecule has 0 fully saturated rings. The minimum atomic E-state index is -3.01. The van der Waals surface area contributed by atoms with Crippen LogP contribution in [-0.4, -0.2) is 26.3 Å². The van der Waals surface area contributed by atoms with Gasteiger partial charge in [0.05, 0.1) is 31.8 Å². The first-order valence-electron chi connectivity index (χ1n) is 5.73. The second-order valence-corrected chi connectivity index (χ2v) is 3.62. The molecule has 0 radical (unpaired) electrons. The van der Waals surface area contributed by atoms with Gasteiger partial charge in [-0.1, -0.05) is 0 Å². The van der Waals surface area contributed by atoms with E-state index < -0.39 is 12.6 Å². The Hall–Kier alpha value is -2.36. The van der Waals surface area contributed by atoms with Gasteiger partial charge in [-0.25, -0.2) is 0 Å². The minimum absolute atomic E-state index is 0.0213. The zero-order chi connectivity index (χ0) is 15.1. The van der Waals surface area contributed by atoms with Gasteiger partial charge < -0.3 is 14.2 Å². The van der Waals surface area contributed by atoms with E-state index in [9.17, 15) is 13.6 Å². The van der Waals surface area contributed by atoms with Gasteiger partial charge in [0.1, 0.15) is 11.5 Å². The highest BCUT2D eigenvalue weighted by Crippen LogP contribution is 2.30. The summed E-state index contributed by atoms with van der Waals surface area (Å²) in [6.45, 7) is -1.16. The van der Waals surface area contributed by atoms with Crippen LogP contribution in [0.25, 0.3) is 0 Å². The number of ether oxygens (including phenoxy) is 3. The molecule has 0 aromatic heterocycles. The van der Waals surface area contributed by atoms with E-state index in [-0.39, 0.29) is 35.7 Å². The van der Waals surface area contributed by atoms with Gasteiger partial charge in [0.15, 0.2) is 0 Å². The molecule has 20 heavy (non-hydrogen) atoms. The van der Waals surface area contributed by atoms with Gasteiger partial charge in [0.25, 0.3) is 0 Å². The number of hydrogen-bond acceptors (Lipinski definition) is 5. The smallest absolute Gasteiger partial charge is 0.387 e. The summed E-state index contributed by atoms with van der Waals surface area (Å²) in [5.74, 6) is -0.626. The fourth-order valence-corrected chi connectivity index (χ4v) is 1.61. The van der Waals surface area contributed by atoms with Crippen LogP contribution in [0.2, 0.25) is 0 Å². The predicted octanol–water partition coefficient (Wildman–Crippen LogP) is 2.27.